The molecule has 6 heteroatoms. The number of nitrogens with one attached hydrogen (secondary N) is 2. The van der Waals surface area contributed by atoms with Crippen LogP contribution in [0.15, 0.2) is 28.7 Å². The van der Waals surface area contributed by atoms with Crippen LogP contribution in [0.4, 0.5) is 17.5 Å². The highest BCUT2D eigenvalue weighted by Gasteiger charge is 2.06. The molecular formula is C13H14BrClN4. The van der Waals surface area contributed by atoms with Gasteiger partial charge in [-0.1, -0.05) is 17.7 Å². The summed E-state index contributed by atoms with van der Waals surface area (Å²) in [6.45, 7) is 4.72. The molecule has 4 nitrogen and oxygen atoms in total. The molecule has 0 aliphatic rings. The minimum Gasteiger partial charge on any atom is -0.354 e. The molecule has 2 N–H and O–H groups in total. The van der Waals surface area contributed by atoms with Crippen molar-refractivity contribution in [2.45, 2.75) is 13.8 Å². The summed E-state index contributed by atoms with van der Waals surface area (Å²) in [4.78, 5) is 8.70. The van der Waals surface area contributed by atoms with Crippen LogP contribution < -0.4 is 10.6 Å². The molecule has 0 aliphatic heterocycles. The van der Waals surface area contributed by atoms with Crippen LogP contribution in [0.1, 0.15) is 12.6 Å². The van der Waals surface area contributed by atoms with Gasteiger partial charge in [0, 0.05) is 18.3 Å². The fraction of sp³-hybridized carbons (Fsp3) is 0.231. The van der Waals surface area contributed by atoms with Crippen LogP contribution in [-0.4, -0.2) is 16.5 Å². The van der Waals surface area contributed by atoms with Gasteiger partial charge in [-0.15, -0.1) is 0 Å². The molecule has 0 unspecified atom stereocenters. The van der Waals surface area contributed by atoms with Crippen molar-refractivity contribution in [2.24, 2.45) is 0 Å². The number of hydrogen-bond acceptors (Lipinski definition) is 4. The lowest BCUT2D eigenvalue weighted by Gasteiger charge is -2.11. The van der Waals surface area contributed by atoms with Crippen molar-refractivity contribution in [1.29, 1.82) is 0 Å². The maximum atomic E-state index is 6.06. The Kier molecular flexibility index (Phi) is 4.61. The van der Waals surface area contributed by atoms with Gasteiger partial charge in [0.05, 0.1) is 15.2 Å². The van der Waals surface area contributed by atoms with E-state index in [1.807, 2.05) is 38.1 Å². The first-order chi connectivity index (χ1) is 9.10. The van der Waals surface area contributed by atoms with Gasteiger partial charge in [-0.05, 0) is 41.9 Å². The summed E-state index contributed by atoms with van der Waals surface area (Å²) in [7, 11) is 0. The molecule has 0 amide bonds. The van der Waals surface area contributed by atoms with E-state index in [1.165, 1.54) is 0 Å². The molecule has 19 heavy (non-hydrogen) atoms. The fourth-order valence-corrected chi connectivity index (χ4v) is 2.15. The van der Waals surface area contributed by atoms with Crippen LogP contribution in [0, 0.1) is 6.92 Å². The maximum absolute atomic E-state index is 6.06. The van der Waals surface area contributed by atoms with Gasteiger partial charge in [0.2, 0.25) is 5.95 Å². The lowest BCUT2D eigenvalue weighted by molar-refractivity contribution is 1.05. The van der Waals surface area contributed by atoms with Gasteiger partial charge in [0.1, 0.15) is 5.82 Å². The Morgan fingerprint density at radius 1 is 1.32 bits per heavy atom. The zero-order valence-corrected chi connectivity index (χ0v) is 13.0. The third-order valence-electron chi connectivity index (χ3n) is 2.40. The minimum atomic E-state index is 0.614. The first-order valence-electron chi connectivity index (χ1n) is 5.90. The second kappa shape index (κ2) is 6.21. The van der Waals surface area contributed by atoms with E-state index >= 15 is 0 Å². The van der Waals surface area contributed by atoms with Gasteiger partial charge in [-0.3, -0.25) is 0 Å². The number of nitrogens with zero attached hydrogens (tertiary/aromatic N) is 2. The number of anilines is 3. The van der Waals surface area contributed by atoms with Crippen molar-refractivity contribution in [3.05, 3.63) is 39.5 Å². The molecule has 0 atom stereocenters. The number of aryl methyl sites for hydroxylation is 1. The topological polar surface area (TPSA) is 49.8 Å². The third kappa shape index (κ3) is 3.58. The van der Waals surface area contributed by atoms with E-state index in [0.717, 1.165) is 28.2 Å². The van der Waals surface area contributed by atoms with Crippen molar-refractivity contribution < 1.29 is 0 Å². The molecule has 1 aromatic heterocycles. The van der Waals surface area contributed by atoms with Crippen LogP contribution >= 0.6 is 27.5 Å². The molecule has 1 aromatic carbocycles. The summed E-state index contributed by atoms with van der Waals surface area (Å²) < 4.78 is 0.818. The molecular weight excluding hydrogens is 328 g/mol. The van der Waals surface area contributed by atoms with Crippen LogP contribution in [0.2, 0.25) is 5.02 Å². The van der Waals surface area contributed by atoms with Crippen LogP contribution in [-0.2, 0) is 0 Å². The highest BCUT2D eigenvalue weighted by atomic mass is 79.9. The molecule has 1 heterocycles. The van der Waals surface area contributed by atoms with Crippen molar-refractivity contribution in [2.75, 3.05) is 17.2 Å². The second-order valence-corrected chi connectivity index (χ2v) is 5.18. The SMILES string of the molecule is CCNc1nc(C)cc(Nc2cccc(Cl)c2Br)n1. The normalized spacial score (nSPS) is 10.3. The van der Waals surface area contributed by atoms with E-state index in [0.29, 0.717) is 11.0 Å². The smallest absolute Gasteiger partial charge is 0.224 e. The largest absolute Gasteiger partial charge is 0.354 e. The van der Waals surface area contributed by atoms with E-state index < -0.39 is 0 Å². The Morgan fingerprint density at radius 2 is 2.11 bits per heavy atom. The number of benzene rings is 1. The fourth-order valence-electron chi connectivity index (χ4n) is 1.61. The molecule has 0 spiro atoms. The first kappa shape index (κ1) is 14.1. The van der Waals surface area contributed by atoms with Crippen molar-refractivity contribution >= 4 is 45.0 Å². The quantitative estimate of drug-likeness (QED) is 0.866. The Hall–Kier alpha value is -1.33. The number of hydrogen-bond donors (Lipinski definition) is 2. The average Bonchev–Trinajstić information content (AvgIpc) is 2.35. The van der Waals surface area contributed by atoms with Crippen LogP contribution in [0.5, 0.6) is 0 Å². The first-order valence-corrected chi connectivity index (χ1v) is 7.08. The van der Waals surface area contributed by atoms with Crippen LogP contribution in [0.25, 0.3) is 0 Å². The Labute approximate surface area is 125 Å². The molecule has 0 aliphatic carbocycles. The van der Waals surface area contributed by atoms with Gasteiger partial charge in [-0.2, -0.15) is 4.98 Å². The van der Waals surface area contributed by atoms with E-state index in [-0.39, 0.29) is 0 Å². The van der Waals surface area contributed by atoms with E-state index in [2.05, 4.69) is 36.5 Å². The standard InChI is InChI=1S/C13H14BrClN4/c1-3-16-13-17-8(2)7-11(19-13)18-10-6-4-5-9(15)12(10)14/h4-7H,3H2,1-2H3,(H2,16,17,18,19). The molecule has 0 bridgehead atoms. The Balaban J connectivity index is 2.30. The molecule has 0 fully saturated rings. The predicted octanol–water partition coefficient (Wildman–Crippen LogP) is 4.38. The van der Waals surface area contributed by atoms with E-state index in [9.17, 15) is 0 Å². The summed E-state index contributed by atoms with van der Waals surface area (Å²) in [6, 6.07) is 7.52. The van der Waals surface area contributed by atoms with Crippen molar-refractivity contribution in [1.82, 2.24) is 9.97 Å². The van der Waals surface area contributed by atoms with E-state index in [1.54, 1.807) is 0 Å². The second-order valence-electron chi connectivity index (χ2n) is 3.97. The van der Waals surface area contributed by atoms with Gasteiger partial charge < -0.3 is 10.6 Å². The molecule has 100 valence electrons. The summed E-state index contributed by atoms with van der Waals surface area (Å²) in [5, 5.41) is 6.99. The summed E-state index contributed by atoms with van der Waals surface area (Å²) in [6.07, 6.45) is 0. The number of aromatic nitrogens is 2. The summed E-state index contributed by atoms with van der Waals surface area (Å²) in [5.41, 5.74) is 1.76. The maximum Gasteiger partial charge on any atom is 0.224 e. The van der Waals surface area contributed by atoms with Crippen molar-refractivity contribution in [3.63, 3.8) is 0 Å². The lowest BCUT2D eigenvalue weighted by Crippen LogP contribution is -2.05. The zero-order valence-electron chi connectivity index (χ0n) is 10.7. The highest BCUT2D eigenvalue weighted by Crippen LogP contribution is 2.31. The summed E-state index contributed by atoms with van der Waals surface area (Å²) >= 11 is 9.51. The molecule has 2 rings (SSSR count). The van der Waals surface area contributed by atoms with Crippen molar-refractivity contribution in [3.8, 4) is 0 Å². The predicted molar refractivity (Wildman–Crippen MR) is 83.4 cm³/mol. The number of rotatable bonds is 4. The Morgan fingerprint density at radius 3 is 2.84 bits per heavy atom. The number of halogens is 2. The third-order valence-corrected chi connectivity index (χ3v) is 3.80. The zero-order chi connectivity index (χ0) is 13.8. The van der Waals surface area contributed by atoms with Gasteiger partial charge in [0.25, 0.3) is 0 Å². The Bertz CT molecular complexity index is 589. The molecule has 0 saturated heterocycles. The van der Waals surface area contributed by atoms with E-state index in [4.69, 9.17) is 11.6 Å². The molecule has 2 aromatic rings. The highest BCUT2D eigenvalue weighted by molar-refractivity contribution is 9.10. The monoisotopic (exact) mass is 340 g/mol. The average molecular weight is 342 g/mol. The summed E-state index contributed by atoms with van der Waals surface area (Å²) in [5.74, 6) is 1.34. The minimum absolute atomic E-state index is 0.614. The molecule has 0 radical (unpaired) electrons. The van der Waals surface area contributed by atoms with Gasteiger partial charge in [0.15, 0.2) is 0 Å². The van der Waals surface area contributed by atoms with Gasteiger partial charge in [-0.25, -0.2) is 4.98 Å². The van der Waals surface area contributed by atoms with Gasteiger partial charge >= 0.3 is 0 Å². The van der Waals surface area contributed by atoms with Crippen LogP contribution in [0.3, 0.4) is 0 Å². The lowest BCUT2D eigenvalue weighted by atomic mass is 10.3. The molecule has 0 saturated carbocycles.